The third kappa shape index (κ3) is 4.05. The number of aliphatic hydroxyl groups is 1. The molecule has 1 saturated carbocycles. The summed E-state index contributed by atoms with van der Waals surface area (Å²) in [6.45, 7) is 2.27. The van der Waals surface area contributed by atoms with Crippen LogP contribution < -0.4 is 5.73 Å². The Bertz CT molecular complexity index is 395. The smallest absolute Gasteiger partial charge is 0.0613 e. The Morgan fingerprint density at radius 3 is 2.75 bits per heavy atom. The van der Waals surface area contributed by atoms with Crippen LogP contribution >= 0.6 is 0 Å². The molecule has 3 nitrogen and oxygen atoms in total. The summed E-state index contributed by atoms with van der Waals surface area (Å²) in [5, 5.41) is 9.47. The largest absolute Gasteiger partial charge is 0.394 e. The number of hydrogen-bond donors (Lipinski definition) is 2. The first-order valence-corrected chi connectivity index (χ1v) is 7.76. The summed E-state index contributed by atoms with van der Waals surface area (Å²) in [6.07, 6.45) is 5.50. The number of likely N-dealkylation sites (N-methyl/N-ethyl adjacent to an activating group) is 1. The van der Waals surface area contributed by atoms with Crippen LogP contribution in [0.4, 0.5) is 0 Å². The van der Waals surface area contributed by atoms with E-state index in [9.17, 15) is 5.11 Å². The fourth-order valence-electron chi connectivity index (χ4n) is 3.26. The molecular weight excluding hydrogens is 248 g/mol. The summed E-state index contributed by atoms with van der Waals surface area (Å²) in [4.78, 5) is 2.38. The van der Waals surface area contributed by atoms with E-state index in [4.69, 9.17) is 5.73 Å². The van der Waals surface area contributed by atoms with Gasteiger partial charge in [0.25, 0.3) is 0 Å². The Kier molecular flexibility index (Phi) is 5.58. The summed E-state index contributed by atoms with van der Waals surface area (Å²) in [5.41, 5.74) is 7.36. The molecule has 0 saturated heterocycles. The van der Waals surface area contributed by atoms with Gasteiger partial charge in [-0.15, -0.1) is 0 Å². The van der Waals surface area contributed by atoms with Crippen molar-refractivity contribution in [2.24, 2.45) is 11.7 Å². The molecular formula is C17H28N2O. The van der Waals surface area contributed by atoms with Gasteiger partial charge >= 0.3 is 0 Å². The Labute approximate surface area is 122 Å². The maximum atomic E-state index is 9.47. The van der Waals surface area contributed by atoms with Crippen LogP contribution in [0.1, 0.15) is 31.2 Å². The van der Waals surface area contributed by atoms with E-state index >= 15 is 0 Å². The Morgan fingerprint density at radius 2 is 2.05 bits per heavy atom. The van der Waals surface area contributed by atoms with Crippen molar-refractivity contribution in [3.8, 4) is 0 Å². The van der Waals surface area contributed by atoms with E-state index in [0.717, 1.165) is 38.8 Å². The summed E-state index contributed by atoms with van der Waals surface area (Å²) in [5.74, 6) is 0.478. The van der Waals surface area contributed by atoms with Gasteiger partial charge < -0.3 is 15.7 Å². The first-order chi connectivity index (χ1) is 9.64. The van der Waals surface area contributed by atoms with Crippen molar-refractivity contribution in [1.29, 1.82) is 0 Å². The predicted molar refractivity (Wildman–Crippen MR) is 83.6 cm³/mol. The second kappa shape index (κ2) is 7.21. The maximum absolute atomic E-state index is 9.47. The average molecular weight is 276 g/mol. The van der Waals surface area contributed by atoms with Crippen LogP contribution in [0.2, 0.25) is 0 Å². The van der Waals surface area contributed by atoms with E-state index in [2.05, 4.69) is 42.3 Å². The van der Waals surface area contributed by atoms with Crippen LogP contribution in [-0.4, -0.2) is 42.3 Å². The molecule has 1 fully saturated rings. The van der Waals surface area contributed by atoms with Crippen molar-refractivity contribution in [2.45, 2.75) is 37.6 Å². The van der Waals surface area contributed by atoms with Gasteiger partial charge in [-0.1, -0.05) is 36.8 Å². The fourth-order valence-corrected chi connectivity index (χ4v) is 3.26. The molecule has 0 radical (unpaired) electrons. The summed E-state index contributed by atoms with van der Waals surface area (Å²) in [7, 11) is 2.18. The lowest BCUT2D eigenvalue weighted by Gasteiger charge is -2.30. The first kappa shape index (κ1) is 15.5. The SMILES string of the molecule is CN(CCc1ccccc1)CCC1CCCC1(N)CO. The van der Waals surface area contributed by atoms with Crippen molar-refractivity contribution in [3.63, 3.8) is 0 Å². The van der Waals surface area contributed by atoms with Gasteiger partial charge in [0, 0.05) is 12.1 Å². The van der Waals surface area contributed by atoms with Crippen LogP contribution in [-0.2, 0) is 6.42 Å². The summed E-state index contributed by atoms with van der Waals surface area (Å²) in [6, 6.07) is 10.6. The molecule has 0 aromatic heterocycles. The lowest BCUT2D eigenvalue weighted by Crippen LogP contribution is -2.47. The number of rotatable bonds is 7. The van der Waals surface area contributed by atoms with Crippen LogP contribution in [0.15, 0.2) is 30.3 Å². The number of hydrogen-bond acceptors (Lipinski definition) is 3. The normalized spacial score (nSPS) is 26.3. The molecule has 1 aliphatic rings. The standard InChI is InChI=1S/C17H28N2O/c1-19(12-9-15-6-3-2-4-7-15)13-10-16-8-5-11-17(16,18)14-20/h2-4,6-7,16,20H,5,8-14,18H2,1H3. The first-order valence-electron chi connectivity index (χ1n) is 7.76. The fraction of sp³-hybridized carbons (Fsp3) is 0.647. The molecule has 20 heavy (non-hydrogen) atoms. The molecule has 0 aliphatic heterocycles. The van der Waals surface area contributed by atoms with E-state index in [1.165, 1.54) is 12.0 Å². The molecule has 0 amide bonds. The molecule has 3 heteroatoms. The molecule has 1 aromatic rings. The zero-order chi connectivity index (χ0) is 14.4. The van der Waals surface area contributed by atoms with Gasteiger partial charge in [0.15, 0.2) is 0 Å². The molecule has 1 aliphatic carbocycles. The van der Waals surface area contributed by atoms with E-state index < -0.39 is 0 Å². The third-order valence-electron chi connectivity index (χ3n) is 4.79. The highest BCUT2D eigenvalue weighted by Crippen LogP contribution is 2.35. The van der Waals surface area contributed by atoms with E-state index in [-0.39, 0.29) is 12.1 Å². The quantitative estimate of drug-likeness (QED) is 0.801. The van der Waals surface area contributed by atoms with Crippen molar-refractivity contribution in [1.82, 2.24) is 4.90 Å². The topological polar surface area (TPSA) is 49.5 Å². The number of nitrogens with zero attached hydrogens (tertiary/aromatic N) is 1. The molecule has 0 spiro atoms. The highest BCUT2D eigenvalue weighted by molar-refractivity contribution is 5.14. The monoisotopic (exact) mass is 276 g/mol. The predicted octanol–water partition coefficient (Wildman–Crippen LogP) is 2.04. The molecule has 3 N–H and O–H groups in total. The summed E-state index contributed by atoms with van der Waals surface area (Å²) >= 11 is 0. The van der Waals surface area contributed by atoms with E-state index in [0.29, 0.717) is 5.92 Å². The van der Waals surface area contributed by atoms with Crippen LogP contribution in [0, 0.1) is 5.92 Å². The molecule has 112 valence electrons. The molecule has 1 aromatic carbocycles. The highest BCUT2D eigenvalue weighted by Gasteiger charge is 2.38. The number of benzene rings is 1. The molecule has 2 rings (SSSR count). The van der Waals surface area contributed by atoms with Crippen LogP contribution in [0.3, 0.4) is 0 Å². The molecule has 0 heterocycles. The van der Waals surface area contributed by atoms with Gasteiger partial charge in [0.05, 0.1) is 6.61 Å². The van der Waals surface area contributed by atoms with Gasteiger partial charge in [-0.25, -0.2) is 0 Å². The Hall–Kier alpha value is -0.900. The van der Waals surface area contributed by atoms with E-state index in [1.807, 2.05) is 0 Å². The average Bonchev–Trinajstić information content (AvgIpc) is 2.86. The zero-order valence-electron chi connectivity index (χ0n) is 12.6. The zero-order valence-corrected chi connectivity index (χ0v) is 12.6. The minimum atomic E-state index is -0.319. The Morgan fingerprint density at radius 1 is 1.30 bits per heavy atom. The second-order valence-electron chi connectivity index (χ2n) is 6.31. The van der Waals surface area contributed by atoms with E-state index in [1.54, 1.807) is 0 Å². The maximum Gasteiger partial charge on any atom is 0.0613 e. The highest BCUT2D eigenvalue weighted by atomic mass is 16.3. The van der Waals surface area contributed by atoms with Crippen molar-refractivity contribution >= 4 is 0 Å². The van der Waals surface area contributed by atoms with Gasteiger partial charge in [-0.3, -0.25) is 0 Å². The van der Waals surface area contributed by atoms with Crippen molar-refractivity contribution in [2.75, 3.05) is 26.7 Å². The summed E-state index contributed by atoms with van der Waals surface area (Å²) < 4.78 is 0. The van der Waals surface area contributed by atoms with Gasteiger partial charge in [0.1, 0.15) is 0 Å². The van der Waals surface area contributed by atoms with Crippen LogP contribution in [0.5, 0.6) is 0 Å². The second-order valence-corrected chi connectivity index (χ2v) is 6.31. The minimum absolute atomic E-state index is 0.130. The van der Waals surface area contributed by atoms with Gasteiger partial charge in [-0.2, -0.15) is 0 Å². The lowest BCUT2D eigenvalue weighted by molar-refractivity contribution is 0.147. The number of aliphatic hydroxyl groups excluding tert-OH is 1. The van der Waals surface area contributed by atoms with Crippen LogP contribution in [0.25, 0.3) is 0 Å². The molecule has 2 atom stereocenters. The molecule has 2 unspecified atom stereocenters. The van der Waals surface area contributed by atoms with Crippen molar-refractivity contribution < 1.29 is 5.11 Å². The molecule has 0 bridgehead atoms. The third-order valence-corrected chi connectivity index (χ3v) is 4.79. The van der Waals surface area contributed by atoms with Gasteiger partial charge in [0.2, 0.25) is 0 Å². The lowest BCUT2D eigenvalue weighted by atomic mass is 9.86. The Balaban J connectivity index is 1.71. The number of nitrogens with two attached hydrogens (primary N) is 1. The van der Waals surface area contributed by atoms with Gasteiger partial charge in [-0.05, 0) is 50.8 Å². The van der Waals surface area contributed by atoms with Crippen molar-refractivity contribution in [3.05, 3.63) is 35.9 Å². The minimum Gasteiger partial charge on any atom is -0.394 e.